The van der Waals surface area contributed by atoms with E-state index in [9.17, 15) is 9.59 Å². The van der Waals surface area contributed by atoms with Gasteiger partial charge in [-0.05, 0) is 43.0 Å². The highest BCUT2D eigenvalue weighted by Crippen LogP contribution is 2.30. The van der Waals surface area contributed by atoms with Crippen LogP contribution in [0.25, 0.3) is 0 Å². The minimum Gasteiger partial charge on any atom is -0.492 e. The second-order valence-corrected chi connectivity index (χ2v) is 5.91. The van der Waals surface area contributed by atoms with Gasteiger partial charge < -0.3 is 19.9 Å². The first kappa shape index (κ1) is 16.8. The Morgan fingerprint density at radius 3 is 2.64 bits per heavy atom. The van der Waals surface area contributed by atoms with Gasteiger partial charge in [0.1, 0.15) is 11.5 Å². The lowest BCUT2D eigenvalue weighted by atomic mass is 10.2. The number of carboxylic acid groups (broad SMARTS) is 1. The Labute approximate surface area is 145 Å². The first-order chi connectivity index (χ1) is 12.1. The molecule has 2 aromatic carbocycles. The summed E-state index contributed by atoms with van der Waals surface area (Å²) in [6.07, 6.45) is 2.36. The number of benzene rings is 2. The molecule has 0 aliphatic heterocycles. The van der Waals surface area contributed by atoms with E-state index < -0.39 is 12.6 Å². The molecule has 6 nitrogen and oxygen atoms in total. The maximum Gasteiger partial charge on any atom is 0.341 e. The fraction of sp³-hybridized carbons (Fsp3) is 0.263. The fourth-order valence-corrected chi connectivity index (χ4v) is 2.28. The molecule has 2 N–H and O–H groups in total. The van der Waals surface area contributed by atoms with E-state index in [1.54, 1.807) is 42.5 Å². The Hall–Kier alpha value is -3.02. The van der Waals surface area contributed by atoms with E-state index in [4.69, 9.17) is 14.6 Å². The number of aliphatic carboxylic acids is 1. The highest BCUT2D eigenvalue weighted by atomic mass is 16.5. The van der Waals surface area contributed by atoms with Gasteiger partial charge in [0.15, 0.2) is 6.61 Å². The Kier molecular flexibility index (Phi) is 5.18. The van der Waals surface area contributed by atoms with Gasteiger partial charge in [0.25, 0.3) is 5.91 Å². The first-order valence-electron chi connectivity index (χ1n) is 8.09. The molecule has 0 saturated heterocycles. The van der Waals surface area contributed by atoms with Gasteiger partial charge in [0.2, 0.25) is 0 Å². The van der Waals surface area contributed by atoms with E-state index in [0.717, 1.165) is 0 Å². The average Bonchev–Trinajstić information content (AvgIpc) is 3.43. The maximum absolute atomic E-state index is 12.5. The van der Waals surface area contributed by atoms with Crippen molar-refractivity contribution in [3.63, 3.8) is 0 Å². The molecule has 1 aliphatic rings. The van der Waals surface area contributed by atoms with E-state index in [-0.39, 0.29) is 5.91 Å². The molecule has 0 heterocycles. The molecule has 2 aromatic rings. The molecule has 1 saturated carbocycles. The lowest BCUT2D eigenvalue weighted by Gasteiger charge is -2.12. The quantitative estimate of drug-likeness (QED) is 0.770. The van der Waals surface area contributed by atoms with Crippen LogP contribution in [0.1, 0.15) is 23.2 Å². The van der Waals surface area contributed by atoms with Crippen LogP contribution in [0.5, 0.6) is 11.5 Å². The third-order valence-corrected chi connectivity index (χ3v) is 3.76. The number of carbonyl (C=O) groups excluding carboxylic acids is 1. The van der Waals surface area contributed by atoms with Crippen molar-refractivity contribution in [2.24, 2.45) is 5.92 Å². The van der Waals surface area contributed by atoms with Gasteiger partial charge in [-0.25, -0.2) is 4.79 Å². The van der Waals surface area contributed by atoms with Gasteiger partial charge in [0.05, 0.1) is 12.2 Å². The molecular weight excluding hydrogens is 322 g/mol. The lowest BCUT2D eigenvalue weighted by molar-refractivity contribution is -0.139. The van der Waals surface area contributed by atoms with E-state index in [2.05, 4.69) is 5.32 Å². The molecule has 0 bridgehead atoms. The van der Waals surface area contributed by atoms with Crippen LogP contribution in [0.15, 0.2) is 48.5 Å². The molecule has 0 aromatic heterocycles. The van der Waals surface area contributed by atoms with E-state index in [1.165, 1.54) is 12.8 Å². The van der Waals surface area contributed by atoms with Crippen molar-refractivity contribution in [3.8, 4) is 11.5 Å². The number of para-hydroxylation sites is 1. The highest BCUT2D eigenvalue weighted by Gasteiger charge is 2.23. The van der Waals surface area contributed by atoms with Crippen LogP contribution < -0.4 is 14.8 Å². The van der Waals surface area contributed by atoms with Crippen LogP contribution in [-0.2, 0) is 4.79 Å². The summed E-state index contributed by atoms with van der Waals surface area (Å²) in [6, 6.07) is 13.7. The smallest absolute Gasteiger partial charge is 0.341 e. The number of nitrogens with one attached hydrogen (secondary N) is 1. The van der Waals surface area contributed by atoms with E-state index >= 15 is 0 Å². The van der Waals surface area contributed by atoms with Crippen LogP contribution >= 0.6 is 0 Å². The van der Waals surface area contributed by atoms with Crippen molar-refractivity contribution >= 4 is 17.6 Å². The molecule has 1 fully saturated rings. The summed E-state index contributed by atoms with van der Waals surface area (Å²) in [7, 11) is 0. The lowest BCUT2D eigenvalue weighted by Crippen LogP contribution is -2.14. The SMILES string of the molecule is O=C(O)COc1cccc(NC(=O)c2ccccc2OCC2CC2)c1. The summed E-state index contributed by atoms with van der Waals surface area (Å²) < 4.78 is 10.9. The molecule has 0 radical (unpaired) electrons. The first-order valence-corrected chi connectivity index (χ1v) is 8.09. The topological polar surface area (TPSA) is 84.9 Å². The molecule has 0 spiro atoms. The number of hydrogen-bond donors (Lipinski definition) is 2. The summed E-state index contributed by atoms with van der Waals surface area (Å²) in [6.45, 7) is 0.193. The third kappa shape index (κ3) is 4.97. The van der Waals surface area contributed by atoms with Gasteiger partial charge >= 0.3 is 5.97 Å². The minimum atomic E-state index is -1.06. The summed E-state index contributed by atoms with van der Waals surface area (Å²) >= 11 is 0. The fourth-order valence-electron chi connectivity index (χ4n) is 2.28. The van der Waals surface area contributed by atoms with Crippen molar-refractivity contribution < 1.29 is 24.2 Å². The standard InChI is InChI=1S/C19H19NO5/c21-18(22)12-24-15-5-3-4-14(10-15)20-19(23)16-6-1-2-7-17(16)25-11-13-8-9-13/h1-7,10,13H,8-9,11-12H2,(H,20,23)(H,21,22). The summed E-state index contributed by atoms with van der Waals surface area (Å²) in [5.41, 5.74) is 0.977. The summed E-state index contributed by atoms with van der Waals surface area (Å²) in [4.78, 5) is 23.1. The molecule has 1 aliphatic carbocycles. The van der Waals surface area contributed by atoms with Crippen LogP contribution in [0, 0.1) is 5.92 Å². The van der Waals surface area contributed by atoms with Crippen molar-refractivity contribution in [3.05, 3.63) is 54.1 Å². The monoisotopic (exact) mass is 341 g/mol. The zero-order valence-electron chi connectivity index (χ0n) is 13.6. The molecule has 3 rings (SSSR count). The number of anilines is 1. The number of carbonyl (C=O) groups is 2. The largest absolute Gasteiger partial charge is 0.492 e. The average molecular weight is 341 g/mol. The van der Waals surface area contributed by atoms with Crippen molar-refractivity contribution in [1.82, 2.24) is 0 Å². The number of ether oxygens (including phenoxy) is 2. The predicted octanol–water partition coefficient (Wildman–Crippen LogP) is 3.19. The molecule has 6 heteroatoms. The number of hydrogen-bond acceptors (Lipinski definition) is 4. The molecular formula is C19H19NO5. The zero-order valence-corrected chi connectivity index (χ0v) is 13.6. The van der Waals surface area contributed by atoms with Crippen molar-refractivity contribution in [2.45, 2.75) is 12.8 Å². The van der Waals surface area contributed by atoms with Crippen LogP contribution in [0.4, 0.5) is 5.69 Å². The van der Waals surface area contributed by atoms with E-state index in [0.29, 0.717) is 35.3 Å². The zero-order chi connectivity index (χ0) is 17.6. The van der Waals surface area contributed by atoms with Gasteiger partial charge in [0, 0.05) is 11.8 Å². The van der Waals surface area contributed by atoms with Crippen molar-refractivity contribution in [1.29, 1.82) is 0 Å². The second-order valence-electron chi connectivity index (χ2n) is 5.91. The Balaban J connectivity index is 1.67. The molecule has 0 atom stereocenters. The highest BCUT2D eigenvalue weighted by molar-refractivity contribution is 6.06. The van der Waals surface area contributed by atoms with Crippen LogP contribution in [0.2, 0.25) is 0 Å². The van der Waals surface area contributed by atoms with Gasteiger partial charge in [-0.15, -0.1) is 0 Å². The Bertz CT molecular complexity index is 770. The predicted molar refractivity (Wildman–Crippen MR) is 92.2 cm³/mol. The number of amides is 1. The minimum absolute atomic E-state index is 0.290. The number of rotatable bonds is 8. The van der Waals surface area contributed by atoms with Crippen LogP contribution in [0.3, 0.4) is 0 Å². The third-order valence-electron chi connectivity index (χ3n) is 3.76. The van der Waals surface area contributed by atoms with Crippen molar-refractivity contribution in [2.75, 3.05) is 18.5 Å². The van der Waals surface area contributed by atoms with Gasteiger partial charge in [-0.3, -0.25) is 4.79 Å². The molecule has 130 valence electrons. The van der Waals surface area contributed by atoms with Gasteiger partial charge in [-0.1, -0.05) is 18.2 Å². The second kappa shape index (κ2) is 7.70. The molecule has 25 heavy (non-hydrogen) atoms. The maximum atomic E-state index is 12.5. The Morgan fingerprint density at radius 1 is 1.08 bits per heavy atom. The summed E-state index contributed by atoms with van der Waals surface area (Å²) in [5.74, 6) is 0.181. The van der Waals surface area contributed by atoms with Gasteiger partial charge in [-0.2, -0.15) is 0 Å². The number of carboxylic acids is 1. The Morgan fingerprint density at radius 2 is 1.88 bits per heavy atom. The van der Waals surface area contributed by atoms with Crippen LogP contribution in [-0.4, -0.2) is 30.2 Å². The normalized spacial score (nSPS) is 13.1. The van der Waals surface area contributed by atoms with E-state index in [1.807, 2.05) is 6.07 Å². The molecule has 1 amide bonds. The molecule has 0 unspecified atom stereocenters. The summed E-state index contributed by atoms with van der Waals surface area (Å²) in [5, 5.41) is 11.4.